The number of fused-ring (bicyclic) bond motifs is 10. The van der Waals surface area contributed by atoms with Crippen molar-refractivity contribution in [2.24, 2.45) is 0 Å². The molecule has 1 N–H and O–H groups in total. The molecule has 0 radical (unpaired) electrons. The van der Waals surface area contributed by atoms with Crippen LogP contribution in [-0.4, -0.2) is 10.8 Å². The standard InChI is InChI=1S/C32H24N2/c1-32(2)26-16-7-5-14-24(26)28-29-25-15-6-8-17-27(25)34(21-11-9-10-20(18-21)19-33)31(29)23-13-4-3-12-22(23)30(28)32/h3-19,33H,1-2H3. The Labute approximate surface area is 198 Å². The molecular weight excluding hydrogens is 412 g/mol. The zero-order valence-electron chi connectivity index (χ0n) is 19.3. The van der Waals surface area contributed by atoms with Gasteiger partial charge in [0.2, 0.25) is 0 Å². The molecule has 34 heavy (non-hydrogen) atoms. The molecule has 1 aliphatic rings. The van der Waals surface area contributed by atoms with Gasteiger partial charge in [-0.25, -0.2) is 0 Å². The van der Waals surface area contributed by atoms with Gasteiger partial charge in [0.1, 0.15) is 0 Å². The van der Waals surface area contributed by atoms with Gasteiger partial charge in [-0.3, -0.25) is 0 Å². The molecule has 1 aliphatic carbocycles. The van der Waals surface area contributed by atoms with Crippen molar-refractivity contribution in [2.45, 2.75) is 19.3 Å². The summed E-state index contributed by atoms with van der Waals surface area (Å²) in [5.74, 6) is 0. The maximum Gasteiger partial charge on any atom is 0.0625 e. The van der Waals surface area contributed by atoms with Crippen LogP contribution in [0.3, 0.4) is 0 Å². The summed E-state index contributed by atoms with van der Waals surface area (Å²) in [6, 6.07) is 34.8. The minimum Gasteiger partial charge on any atom is -0.309 e. The smallest absolute Gasteiger partial charge is 0.0625 e. The summed E-state index contributed by atoms with van der Waals surface area (Å²) in [5, 5.41) is 13.0. The molecule has 0 spiro atoms. The van der Waals surface area contributed by atoms with Gasteiger partial charge in [-0.1, -0.05) is 92.7 Å². The molecule has 0 saturated carbocycles. The highest BCUT2D eigenvalue weighted by atomic mass is 15.0. The Morgan fingerprint density at radius 1 is 0.735 bits per heavy atom. The van der Waals surface area contributed by atoms with Crippen LogP contribution in [-0.2, 0) is 5.41 Å². The summed E-state index contributed by atoms with van der Waals surface area (Å²) >= 11 is 0. The predicted molar refractivity (Wildman–Crippen MR) is 144 cm³/mol. The molecule has 0 amide bonds. The Kier molecular flexibility index (Phi) is 3.79. The second-order valence-corrected chi connectivity index (χ2v) is 9.78. The Hall–Kier alpha value is -4.17. The number of nitrogens with zero attached hydrogens (tertiary/aromatic N) is 1. The SMILES string of the molecule is CC1(C)c2ccccc2-c2c1c1ccccc1c1c2c2ccccc2n1-c1cccc(C=N)c1. The lowest BCUT2D eigenvalue weighted by Crippen LogP contribution is -2.15. The van der Waals surface area contributed by atoms with Crippen molar-refractivity contribution in [3.8, 4) is 16.8 Å². The molecule has 7 rings (SSSR count). The quantitative estimate of drug-likeness (QED) is 0.265. The highest BCUT2D eigenvalue weighted by Gasteiger charge is 2.39. The Morgan fingerprint density at radius 2 is 1.44 bits per heavy atom. The molecule has 0 saturated heterocycles. The van der Waals surface area contributed by atoms with Crippen LogP contribution in [0.1, 0.15) is 30.5 Å². The highest BCUT2D eigenvalue weighted by molar-refractivity contribution is 6.26. The maximum atomic E-state index is 7.81. The van der Waals surface area contributed by atoms with Crippen molar-refractivity contribution in [2.75, 3.05) is 0 Å². The first-order chi connectivity index (χ1) is 16.6. The summed E-state index contributed by atoms with van der Waals surface area (Å²) in [6.07, 6.45) is 1.42. The van der Waals surface area contributed by atoms with E-state index in [0.29, 0.717) is 0 Å². The number of hydrogen-bond acceptors (Lipinski definition) is 1. The zero-order valence-corrected chi connectivity index (χ0v) is 19.3. The van der Waals surface area contributed by atoms with Gasteiger partial charge in [0.15, 0.2) is 0 Å². The maximum absolute atomic E-state index is 7.81. The lowest BCUT2D eigenvalue weighted by atomic mass is 9.79. The number of benzene rings is 5. The topological polar surface area (TPSA) is 28.8 Å². The van der Waals surface area contributed by atoms with Gasteiger partial charge < -0.3 is 9.98 Å². The molecule has 5 aromatic carbocycles. The van der Waals surface area contributed by atoms with Crippen LogP contribution in [0.5, 0.6) is 0 Å². The van der Waals surface area contributed by atoms with E-state index in [2.05, 4.69) is 103 Å². The van der Waals surface area contributed by atoms with Crippen molar-refractivity contribution in [1.82, 2.24) is 4.57 Å². The van der Waals surface area contributed by atoms with E-state index in [1.165, 1.54) is 61.0 Å². The van der Waals surface area contributed by atoms with Gasteiger partial charge >= 0.3 is 0 Å². The van der Waals surface area contributed by atoms with E-state index >= 15 is 0 Å². The second kappa shape index (κ2) is 6.68. The third-order valence-corrected chi connectivity index (χ3v) is 7.62. The second-order valence-electron chi connectivity index (χ2n) is 9.78. The van der Waals surface area contributed by atoms with Crippen LogP contribution < -0.4 is 0 Å². The third-order valence-electron chi connectivity index (χ3n) is 7.62. The normalized spacial score (nSPS) is 13.9. The molecule has 0 bridgehead atoms. The lowest BCUT2D eigenvalue weighted by Gasteiger charge is -2.24. The van der Waals surface area contributed by atoms with Crippen molar-refractivity contribution < 1.29 is 0 Å². The Balaban J connectivity index is 1.81. The van der Waals surface area contributed by atoms with Gasteiger partial charge in [0.05, 0.1) is 11.0 Å². The Morgan fingerprint density at radius 3 is 2.26 bits per heavy atom. The van der Waals surface area contributed by atoms with E-state index in [0.717, 1.165) is 11.3 Å². The average molecular weight is 437 g/mol. The van der Waals surface area contributed by atoms with Crippen LogP contribution in [0.4, 0.5) is 0 Å². The van der Waals surface area contributed by atoms with E-state index in [1.807, 2.05) is 12.1 Å². The van der Waals surface area contributed by atoms with Crippen molar-refractivity contribution >= 4 is 38.8 Å². The van der Waals surface area contributed by atoms with Crippen LogP contribution in [0, 0.1) is 5.41 Å². The fourth-order valence-corrected chi connectivity index (χ4v) is 6.24. The first kappa shape index (κ1) is 19.3. The van der Waals surface area contributed by atoms with Gasteiger partial charge in [0.25, 0.3) is 0 Å². The highest BCUT2D eigenvalue weighted by Crippen LogP contribution is 2.56. The van der Waals surface area contributed by atoms with Gasteiger partial charge in [0, 0.05) is 33.5 Å². The van der Waals surface area contributed by atoms with E-state index in [4.69, 9.17) is 5.41 Å². The monoisotopic (exact) mass is 436 g/mol. The first-order valence-electron chi connectivity index (χ1n) is 11.8. The molecule has 2 nitrogen and oxygen atoms in total. The minimum absolute atomic E-state index is 0.0803. The number of aromatic nitrogens is 1. The molecule has 2 heteroatoms. The molecule has 0 fully saturated rings. The Bertz CT molecular complexity index is 1800. The molecule has 162 valence electrons. The molecule has 6 aromatic rings. The summed E-state index contributed by atoms with van der Waals surface area (Å²) in [6.45, 7) is 4.73. The summed E-state index contributed by atoms with van der Waals surface area (Å²) in [5.41, 5.74) is 9.87. The molecule has 1 aromatic heterocycles. The van der Waals surface area contributed by atoms with Crippen LogP contribution in [0.25, 0.3) is 49.4 Å². The van der Waals surface area contributed by atoms with Crippen LogP contribution >= 0.6 is 0 Å². The van der Waals surface area contributed by atoms with Crippen molar-refractivity contribution in [1.29, 1.82) is 5.41 Å². The number of nitrogens with one attached hydrogen (secondary N) is 1. The van der Waals surface area contributed by atoms with E-state index in [1.54, 1.807) is 0 Å². The summed E-state index contributed by atoms with van der Waals surface area (Å²) < 4.78 is 2.40. The molecule has 1 heterocycles. The largest absolute Gasteiger partial charge is 0.309 e. The van der Waals surface area contributed by atoms with E-state index in [-0.39, 0.29) is 5.41 Å². The van der Waals surface area contributed by atoms with Crippen LogP contribution in [0.15, 0.2) is 97.1 Å². The van der Waals surface area contributed by atoms with Gasteiger partial charge in [-0.15, -0.1) is 0 Å². The molecule has 0 unspecified atom stereocenters. The summed E-state index contributed by atoms with van der Waals surface area (Å²) in [7, 11) is 0. The third kappa shape index (κ3) is 2.32. The molecule has 0 atom stereocenters. The van der Waals surface area contributed by atoms with Crippen molar-refractivity contribution in [3.63, 3.8) is 0 Å². The average Bonchev–Trinajstić information content (AvgIpc) is 3.34. The van der Waals surface area contributed by atoms with E-state index < -0.39 is 0 Å². The molecular formula is C32H24N2. The van der Waals surface area contributed by atoms with E-state index in [9.17, 15) is 0 Å². The van der Waals surface area contributed by atoms with Crippen molar-refractivity contribution in [3.05, 3.63) is 114 Å². The number of rotatable bonds is 2. The van der Waals surface area contributed by atoms with Crippen LogP contribution in [0.2, 0.25) is 0 Å². The van der Waals surface area contributed by atoms with Gasteiger partial charge in [-0.2, -0.15) is 0 Å². The zero-order chi connectivity index (χ0) is 23.0. The fraction of sp³-hybridized carbons (Fsp3) is 0.0938. The summed E-state index contributed by atoms with van der Waals surface area (Å²) in [4.78, 5) is 0. The lowest BCUT2D eigenvalue weighted by molar-refractivity contribution is 0.666. The van der Waals surface area contributed by atoms with Gasteiger partial charge in [-0.05, 0) is 51.4 Å². The first-order valence-corrected chi connectivity index (χ1v) is 11.8. The minimum atomic E-state index is -0.0803. The fourth-order valence-electron chi connectivity index (χ4n) is 6.24. The predicted octanol–water partition coefficient (Wildman–Crippen LogP) is 8.24. The number of para-hydroxylation sites is 1. The number of hydrogen-bond donors (Lipinski definition) is 1. The molecule has 0 aliphatic heterocycles.